The van der Waals surface area contributed by atoms with Gasteiger partial charge in [0.1, 0.15) is 0 Å². The Labute approximate surface area is 190 Å². The highest BCUT2D eigenvalue weighted by molar-refractivity contribution is 6.02. The number of nitrogens with one attached hydrogen (secondary N) is 1. The molecule has 32 heavy (non-hydrogen) atoms. The summed E-state index contributed by atoms with van der Waals surface area (Å²) in [6.45, 7) is 4.44. The van der Waals surface area contributed by atoms with Gasteiger partial charge in [0.25, 0.3) is 5.91 Å². The van der Waals surface area contributed by atoms with Crippen LogP contribution in [0.1, 0.15) is 61.7 Å². The lowest BCUT2D eigenvalue weighted by atomic mass is 10.1. The number of carbonyl (C=O) groups excluding carboxylic acids is 3. The maximum absolute atomic E-state index is 13.4. The molecule has 1 aromatic rings. The summed E-state index contributed by atoms with van der Waals surface area (Å²) in [5.74, 6) is 0.746. The molecule has 4 fully saturated rings. The van der Waals surface area contributed by atoms with Crippen LogP contribution >= 0.6 is 0 Å². The molecule has 0 unspecified atom stereocenters. The second-order valence-electron chi connectivity index (χ2n) is 9.79. The third kappa shape index (κ3) is 4.48. The summed E-state index contributed by atoms with van der Waals surface area (Å²) in [5, 5.41) is 2.99. The highest BCUT2D eigenvalue weighted by Crippen LogP contribution is 2.33. The Morgan fingerprint density at radius 1 is 0.750 bits per heavy atom. The third-order valence-corrected chi connectivity index (χ3v) is 7.47. The zero-order valence-corrected chi connectivity index (χ0v) is 18.9. The summed E-state index contributed by atoms with van der Waals surface area (Å²) >= 11 is 0. The molecule has 2 aliphatic carbocycles. The van der Waals surface area contributed by atoms with Crippen LogP contribution in [0.15, 0.2) is 18.2 Å². The van der Waals surface area contributed by atoms with Crippen LogP contribution in [0, 0.1) is 11.8 Å². The smallest absolute Gasteiger partial charge is 0.256 e. The lowest BCUT2D eigenvalue weighted by Gasteiger charge is -2.38. The molecule has 1 N–H and O–H groups in total. The first-order valence-corrected chi connectivity index (χ1v) is 12.4. The van der Waals surface area contributed by atoms with Gasteiger partial charge in [0, 0.05) is 62.5 Å². The van der Waals surface area contributed by atoms with Gasteiger partial charge in [-0.05, 0) is 56.7 Å². The lowest BCUT2D eigenvalue weighted by Crippen LogP contribution is -2.50. The molecule has 1 aromatic carbocycles. The van der Waals surface area contributed by atoms with Crippen LogP contribution in [0.5, 0.6) is 0 Å². The Bertz CT molecular complexity index is 877. The van der Waals surface area contributed by atoms with E-state index in [-0.39, 0.29) is 23.7 Å². The van der Waals surface area contributed by atoms with Crippen molar-refractivity contribution < 1.29 is 14.4 Å². The van der Waals surface area contributed by atoms with Crippen LogP contribution in [0.3, 0.4) is 0 Å². The molecule has 2 saturated carbocycles. The molecule has 0 radical (unpaired) electrons. The van der Waals surface area contributed by atoms with Gasteiger partial charge < -0.3 is 20.0 Å². The predicted octanol–water partition coefficient (Wildman–Crippen LogP) is 3.11. The summed E-state index contributed by atoms with van der Waals surface area (Å²) in [4.78, 5) is 44.6. The van der Waals surface area contributed by atoms with Gasteiger partial charge in [-0.2, -0.15) is 0 Å². The summed E-state index contributed by atoms with van der Waals surface area (Å²) in [7, 11) is 0. The number of anilines is 2. The molecular weight excluding hydrogens is 404 g/mol. The maximum atomic E-state index is 13.4. The Kier molecular flexibility index (Phi) is 6.07. The van der Waals surface area contributed by atoms with Crippen LogP contribution in [-0.2, 0) is 9.59 Å². The van der Waals surface area contributed by atoms with Crippen LogP contribution in [0.25, 0.3) is 0 Å². The summed E-state index contributed by atoms with van der Waals surface area (Å²) in [5.41, 5.74) is 2.28. The van der Waals surface area contributed by atoms with Gasteiger partial charge in [-0.15, -0.1) is 0 Å². The molecule has 4 aliphatic rings. The maximum Gasteiger partial charge on any atom is 0.256 e. The van der Waals surface area contributed by atoms with Crippen LogP contribution in [0.4, 0.5) is 11.4 Å². The van der Waals surface area contributed by atoms with Crippen LogP contribution in [-0.4, -0.2) is 66.8 Å². The van der Waals surface area contributed by atoms with Gasteiger partial charge >= 0.3 is 0 Å². The largest absolute Gasteiger partial charge is 0.367 e. The summed E-state index contributed by atoms with van der Waals surface area (Å²) in [6, 6.07) is 5.74. The number of hydrogen-bond donors (Lipinski definition) is 1. The fourth-order valence-corrected chi connectivity index (χ4v) is 5.34. The van der Waals surface area contributed by atoms with E-state index in [1.54, 1.807) is 0 Å². The number of hydrogen-bond acceptors (Lipinski definition) is 4. The minimum absolute atomic E-state index is 0.0458. The van der Waals surface area contributed by atoms with E-state index in [1.165, 1.54) is 12.8 Å². The number of nitrogens with zero attached hydrogens (tertiary/aromatic N) is 3. The van der Waals surface area contributed by atoms with Crippen LogP contribution in [0.2, 0.25) is 0 Å². The number of amides is 3. The first-order chi connectivity index (χ1) is 15.6. The molecule has 0 spiro atoms. The molecular formula is C25H34N4O3. The Morgan fingerprint density at radius 2 is 1.44 bits per heavy atom. The molecule has 0 atom stereocenters. The minimum atomic E-state index is 0.0458. The molecule has 7 nitrogen and oxygen atoms in total. The standard InChI is InChI=1S/C25H34N4O3/c30-23(18-7-8-18)26-20-9-10-22(21(17-20)25(32)28-11-3-4-12-28)27-13-15-29(16-14-27)24(31)19-5-1-2-6-19/h9-10,17-19H,1-8,11-16H2,(H,26,30). The Balaban J connectivity index is 1.32. The van der Waals surface area contributed by atoms with Crippen molar-refractivity contribution in [3.05, 3.63) is 23.8 Å². The minimum Gasteiger partial charge on any atom is -0.367 e. The van der Waals surface area contributed by atoms with Gasteiger partial charge in [-0.25, -0.2) is 0 Å². The van der Waals surface area contributed by atoms with Gasteiger partial charge in [-0.1, -0.05) is 12.8 Å². The quantitative estimate of drug-likeness (QED) is 0.767. The molecule has 5 rings (SSSR count). The molecule has 172 valence electrons. The second-order valence-corrected chi connectivity index (χ2v) is 9.79. The van der Waals surface area contributed by atoms with Gasteiger partial charge in [0.15, 0.2) is 0 Å². The topological polar surface area (TPSA) is 73.0 Å². The fourth-order valence-electron chi connectivity index (χ4n) is 5.34. The number of carbonyl (C=O) groups is 3. The third-order valence-electron chi connectivity index (χ3n) is 7.47. The molecule has 2 saturated heterocycles. The van der Waals surface area contributed by atoms with E-state index in [4.69, 9.17) is 0 Å². The lowest BCUT2D eigenvalue weighted by molar-refractivity contribution is -0.135. The normalized spacial score (nSPS) is 21.8. The molecule has 0 bridgehead atoms. The first-order valence-electron chi connectivity index (χ1n) is 12.4. The van der Waals surface area contributed by atoms with E-state index < -0.39 is 0 Å². The molecule has 2 aliphatic heterocycles. The van der Waals surface area contributed by atoms with Crippen molar-refractivity contribution in [3.8, 4) is 0 Å². The van der Waals surface area contributed by atoms with Gasteiger partial charge in [-0.3, -0.25) is 14.4 Å². The number of rotatable bonds is 5. The first kappa shape index (κ1) is 21.3. The summed E-state index contributed by atoms with van der Waals surface area (Å²) in [6.07, 6.45) is 8.38. The molecule has 7 heteroatoms. The Hall–Kier alpha value is -2.57. The van der Waals surface area contributed by atoms with Crippen molar-refractivity contribution >= 4 is 29.1 Å². The van der Waals surface area contributed by atoms with Crippen LogP contribution < -0.4 is 10.2 Å². The number of piperazine rings is 1. The van der Waals surface area contributed by atoms with Crippen molar-refractivity contribution in [2.45, 2.75) is 51.4 Å². The Morgan fingerprint density at radius 3 is 2.09 bits per heavy atom. The molecule has 3 amide bonds. The van der Waals surface area contributed by atoms with E-state index in [2.05, 4.69) is 10.2 Å². The number of benzene rings is 1. The van der Waals surface area contributed by atoms with E-state index in [0.717, 1.165) is 70.4 Å². The molecule has 2 heterocycles. The monoisotopic (exact) mass is 438 g/mol. The van der Waals surface area contributed by atoms with Gasteiger partial charge in [0.2, 0.25) is 11.8 Å². The summed E-state index contributed by atoms with van der Waals surface area (Å²) < 4.78 is 0. The van der Waals surface area contributed by atoms with E-state index in [9.17, 15) is 14.4 Å². The average molecular weight is 439 g/mol. The predicted molar refractivity (Wildman–Crippen MR) is 124 cm³/mol. The highest BCUT2D eigenvalue weighted by Gasteiger charge is 2.32. The highest BCUT2D eigenvalue weighted by atomic mass is 16.2. The van der Waals surface area contributed by atoms with E-state index in [1.807, 2.05) is 28.0 Å². The second kappa shape index (κ2) is 9.12. The zero-order chi connectivity index (χ0) is 22.1. The number of likely N-dealkylation sites (tertiary alicyclic amines) is 1. The van der Waals surface area contributed by atoms with Crippen molar-refractivity contribution in [1.82, 2.24) is 9.80 Å². The average Bonchev–Trinajstić information content (AvgIpc) is 3.27. The van der Waals surface area contributed by atoms with Crippen molar-refractivity contribution in [2.24, 2.45) is 11.8 Å². The zero-order valence-electron chi connectivity index (χ0n) is 18.9. The van der Waals surface area contributed by atoms with Crippen molar-refractivity contribution in [1.29, 1.82) is 0 Å². The fraction of sp³-hybridized carbons (Fsp3) is 0.640. The van der Waals surface area contributed by atoms with E-state index >= 15 is 0 Å². The van der Waals surface area contributed by atoms with Crippen molar-refractivity contribution in [3.63, 3.8) is 0 Å². The van der Waals surface area contributed by atoms with Crippen molar-refractivity contribution in [2.75, 3.05) is 49.5 Å². The molecule has 0 aromatic heterocycles. The van der Waals surface area contributed by atoms with E-state index in [0.29, 0.717) is 30.2 Å². The van der Waals surface area contributed by atoms with Gasteiger partial charge in [0.05, 0.1) is 5.56 Å². The SMILES string of the molecule is O=C(Nc1ccc(N2CCN(C(=O)C3CCCC3)CC2)c(C(=O)N2CCCC2)c1)C1CC1.